The standard InChI is InChI=1S/C12H14ClFN2O4S/c13-8-3-9(11(14)10(4-8)21(15,18)19)12(17)16-5-7-1-2-20-6-7/h3-4,7H,1-2,5-6H2,(H,16,17)(H2,15,18,19). The number of halogens is 2. The summed E-state index contributed by atoms with van der Waals surface area (Å²) in [6.07, 6.45) is 0.806. The van der Waals surface area contributed by atoms with Gasteiger partial charge in [-0.15, -0.1) is 0 Å². The van der Waals surface area contributed by atoms with E-state index in [1.165, 1.54) is 0 Å². The van der Waals surface area contributed by atoms with Crippen molar-refractivity contribution < 1.29 is 22.3 Å². The molecule has 0 bridgehead atoms. The van der Waals surface area contributed by atoms with E-state index in [4.69, 9.17) is 21.5 Å². The average Bonchev–Trinajstić information content (AvgIpc) is 2.90. The van der Waals surface area contributed by atoms with E-state index in [-0.39, 0.29) is 10.9 Å². The molecule has 21 heavy (non-hydrogen) atoms. The second-order valence-electron chi connectivity index (χ2n) is 4.75. The van der Waals surface area contributed by atoms with Gasteiger partial charge in [0.05, 0.1) is 12.2 Å². The summed E-state index contributed by atoms with van der Waals surface area (Å²) in [6.45, 7) is 1.47. The van der Waals surface area contributed by atoms with Crippen LogP contribution in [0.3, 0.4) is 0 Å². The molecule has 1 amide bonds. The Kier molecular flexibility index (Phi) is 4.82. The fourth-order valence-corrected chi connectivity index (χ4v) is 2.95. The van der Waals surface area contributed by atoms with Crippen molar-refractivity contribution in [2.75, 3.05) is 19.8 Å². The molecule has 1 unspecified atom stereocenters. The number of ether oxygens (including phenoxy) is 1. The van der Waals surface area contributed by atoms with Gasteiger partial charge in [-0.2, -0.15) is 0 Å². The van der Waals surface area contributed by atoms with Crippen LogP contribution in [0, 0.1) is 11.7 Å². The fraction of sp³-hybridized carbons (Fsp3) is 0.417. The van der Waals surface area contributed by atoms with Crippen LogP contribution in [0.4, 0.5) is 4.39 Å². The highest BCUT2D eigenvalue weighted by molar-refractivity contribution is 7.89. The van der Waals surface area contributed by atoms with E-state index >= 15 is 0 Å². The molecular formula is C12H14ClFN2O4S. The Balaban J connectivity index is 2.22. The summed E-state index contributed by atoms with van der Waals surface area (Å²) in [5.41, 5.74) is -0.453. The topological polar surface area (TPSA) is 98.5 Å². The number of carbonyl (C=O) groups is 1. The molecule has 3 N–H and O–H groups in total. The van der Waals surface area contributed by atoms with Crippen LogP contribution in [0.2, 0.25) is 5.02 Å². The van der Waals surface area contributed by atoms with Gasteiger partial charge in [0.15, 0.2) is 5.82 Å². The monoisotopic (exact) mass is 336 g/mol. The molecule has 116 valence electrons. The molecule has 0 radical (unpaired) electrons. The van der Waals surface area contributed by atoms with Crippen molar-refractivity contribution in [3.05, 3.63) is 28.5 Å². The van der Waals surface area contributed by atoms with Gasteiger partial charge in [-0.3, -0.25) is 4.79 Å². The molecule has 1 saturated heterocycles. The molecule has 2 rings (SSSR count). The van der Waals surface area contributed by atoms with Gasteiger partial charge in [0, 0.05) is 24.1 Å². The lowest BCUT2D eigenvalue weighted by atomic mass is 10.1. The molecular weight excluding hydrogens is 323 g/mol. The third kappa shape index (κ3) is 3.91. The number of amides is 1. The molecule has 9 heteroatoms. The van der Waals surface area contributed by atoms with Gasteiger partial charge in [-0.25, -0.2) is 17.9 Å². The average molecular weight is 337 g/mol. The summed E-state index contributed by atoms with van der Waals surface area (Å²) >= 11 is 5.71. The van der Waals surface area contributed by atoms with Crippen molar-refractivity contribution in [2.24, 2.45) is 11.1 Å². The predicted octanol–water partition coefficient (Wildman–Crippen LogP) is 0.893. The highest BCUT2D eigenvalue weighted by atomic mass is 35.5. The number of sulfonamides is 1. The maximum absolute atomic E-state index is 14.1. The van der Waals surface area contributed by atoms with Crippen LogP contribution in [0.5, 0.6) is 0 Å². The van der Waals surface area contributed by atoms with E-state index in [1.807, 2.05) is 0 Å². The Morgan fingerprint density at radius 1 is 1.52 bits per heavy atom. The van der Waals surface area contributed by atoms with E-state index in [0.29, 0.717) is 19.8 Å². The fourth-order valence-electron chi connectivity index (χ4n) is 2.01. The summed E-state index contributed by atoms with van der Waals surface area (Å²) in [5, 5.41) is 7.34. The lowest BCUT2D eigenvalue weighted by Crippen LogP contribution is -2.30. The van der Waals surface area contributed by atoms with Gasteiger partial charge in [0.25, 0.3) is 5.91 Å². The summed E-state index contributed by atoms with van der Waals surface area (Å²) in [4.78, 5) is 11.2. The highest BCUT2D eigenvalue weighted by Gasteiger charge is 2.24. The minimum absolute atomic E-state index is 0.0882. The number of primary sulfonamides is 1. The first-order valence-corrected chi connectivity index (χ1v) is 8.09. The van der Waals surface area contributed by atoms with Crippen molar-refractivity contribution >= 4 is 27.5 Å². The van der Waals surface area contributed by atoms with Crippen molar-refractivity contribution in [1.29, 1.82) is 0 Å². The molecule has 6 nitrogen and oxygen atoms in total. The zero-order chi connectivity index (χ0) is 15.6. The van der Waals surface area contributed by atoms with E-state index in [2.05, 4.69) is 5.32 Å². The number of hydrogen-bond donors (Lipinski definition) is 2. The molecule has 1 aromatic carbocycles. The zero-order valence-corrected chi connectivity index (χ0v) is 12.5. The molecule has 1 heterocycles. The van der Waals surface area contributed by atoms with Crippen molar-refractivity contribution in [3.8, 4) is 0 Å². The largest absolute Gasteiger partial charge is 0.381 e. The second-order valence-corrected chi connectivity index (χ2v) is 6.72. The van der Waals surface area contributed by atoms with Crippen LogP contribution >= 0.6 is 11.6 Å². The number of benzene rings is 1. The summed E-state index contributed by atoms with van der Waals surface area (Å²) in [6, 6.07) is 1.93. The van der Waals surface area contributed by atoms with Crippen molar-refractivity contribution in [3.63, 3.8) is 0 Å². The van der Waals surface area contributed by atoms with Crippen LogP contribution in [0.15, 0.2) is 17.0 Å². The van der Waals surface area contributed by atoms with Crippen LogP contribution in [-0.2, 0) is 14.8 Å². The number of carbonyl (C=O) groups excluding carboxylic acids is 1. The third-order valence-corrected chi connectivity index (χ3v) is 4.26. The van der Waals surface area contributed by atoms with Crippen molar-refractivity contribution in [2.45, 2.75) is 11.3 Å². The molecule has 1 aromatic rings. The molecule has 0 aromatic heterocycles. The maximum atomic E-state index is 14.1. The Hall–Kier alpha value is -1.22. The van der Waals surface area contributed by atoms with Crippen LogP contribution in [-0.4, -0.2) is 34.1 Å². The third-order valence-electron chi connectivity index (χ3n) is 3.13. The molecule has 0 aliphatic carbocycles. The normalized spacial score (nSPS) is 18.7. The van der Waals surface area contributed by atoms with Crippen molar-refractivity contribution in [1.82, 2.24) is 5.32 Å². The summed E-state index contributed by atoms with van der Waals surface area (Å²) < 4.78 is 41.8. The molecule has 0 saturated carbocycles. The maximum Gasteiger partial charge on any atom is 0.254 e. The minimum atomic E-state index is -4.30. The smallest absolute Gasteiger partial charge is 0.254 e. The van der Waals surface area contributed by atoms with Gasteiger partial charge < -0.3 is 10.1 Å². The van der Waals surface area contributed by atoms with Gasteiger partial charge in [0.1, 0.15) is 4.90 Å². The number of rotatable bonds is 4. The molecule has 0 spiro atoms. The lowest BCUT2D eigenvalue weighted by Gasteiger charge is -2.11. The Bertz CT molecular complexity index is 659. The van der Waals surface area contributed by atoms with E-state index in [9.17, 15) is 17.6 Å². The van der Waals surface area contributed by atoms with Crippen LogP contribution in [0.1, 0.15) is 16.8 Å². The first kappa shape index (κ1) is 16.2. The van der Waals surface area contributed by atoms with Gasteiger partial charge in [0.2, 0.25) is 10.0 Å². The summed E-state index contributed by atoms with van der Waals surface area (Å²) in [5.74, 6) is -1.79. The number of hydrogen-bond acceptors (Lipinski definition) is 4. The zero-order valence-electron chi connectivity index (χ0n) is 10.9. The molecule has 1 aliphatic rings. The Labute approximate surface area is 126 Å². The lowest BCUT2D eigenvalue weighted by molar-refractivity contribution is 0.0940. The first-order chi connectivity index (χ1) is 9.79. The highest BCUT2D eigenvalue weighted by Crippen LogP contribution is 2.23. The first-order valence-electron chi connectivity index (χ1n) is 6.17. The van der Waals surface area contributed by atoms with E-state index in [0.717, 1.165) is 18.6 Å². The molecule has 1 fully saturated rings. The van der Waals surface area contributed by atoms with Gasteiger partial charge >= 0.3 is 0 Å². The van der Waals surface area contributed by atoms with Crippen LogP contribution in [0.25, 0.3) is 0 Å². The SMILES string of the molecule is NS(=O)(=O)c1cc(Cl)cc(C(=O)NCC2CCOC2)c1F. The number of nitrogens with two attached hydrogens (primary N) is 1. The Morgan fingerprint density at radius 2 is 2.24 bits per heavy atom. The minimum Gasteiger partial charge on any atom is -0.381 e. The summed E-state index contributed by atoms with van der Waals surface area (Å²) in [7, 11) is -4.30. The van der Waals surface area contributed by atoms with E-state index in [1.54, 1.807) is 0 Å². The van der Waals surface area contributed by atoms with Gasteiger partial charge in [-0.05, 0) is 18.6 Å². The van der Waals surface area contributed by atoms with Gasteiger partial charge in [-0.1, -0.05) is 11.6 Å². The van der Waals surface area contributed by atoms with E-state index < -0.39 is 32.2 Å². The molecule has 1 atom stereocenters. The second kappa shape index (κ2) is 6.27. The van der Waals surface area contributed by atoms with Crippen LogP contribution < -0.4 is 10.5 Å². The quantitative estimate of drug-likeness (QED) is 0.853. The Morgan fingerprint density at radius 3 is 2.81 bits per heavy atom. The number of nitrogens with one attached hydrogen (secondary N) is 1. The predicted molar refractivity (Wildman–Crippen MR) is 74.0 cm³/mol. The molecule has 1 aliphatic heterocycles.